The van der Waals surface area contributed by atoms with Crippen molar-refractivity contribution in [2.24, 2.45) is 11.8 Å². The zero-order valence-electron chi connectivity index (χ0n) is 18.6. The van der Waals surface area contributed by atoms with Gasteiger partial charge in [-0.3, -0.25) is 0 Å². The summed E-state index contributed by atoms with van der Waals surface area (Å²) in [5, 5.41) is 0. The zero-order valence-corrected chi connectivity index (χ0v) is 18.6. The second-order valence-corrected chi connectivity index (χ2v) is 9.75. The molecule has 0 N–H and O–H groups in total. The highest BCUT2D eigenvalue weighted by Crippen LogP contribution is 2.40. The maximum atomic E-state index is 12.4. The molecule has 2 aliphatic carbocycles. The van der Waals surface area contributed by atoms with Crippen LogP contribution in [0.25, 0.3) is 0 Å². The minimum atomic E-state index is -4.18. The fourth-order valence-electron chi connectivity index (χ4n) is 5.57. The number of unbranched alkanes of at least 4 members (excludes halogenated alkanes) is 3. The van der Waals surface area contributed by atoms with Crippen molar-refractivity contribution in [3.05, 3.63) is 47.5 Å². The number of hydrogen-bond donors (Lipinski definition) is 0. The number of hydrogen-bond acceptors (Lipinski definition) is 0. The molecule has 3 rings (SSSR count). The van der Waals surface area contributed by atoms with E-state index in [2.05, 4.69) is 31.2 Å². The summed E-state index contributed by atoms with van der Waals surface area (Å²) >= 11 is 0. The smallest absolute Gasteiger partial charge is 0.167 e. The second kappa shape index (κ2) is 11.4. The summed E-state index contributed by atoms with van der Waals surface area (Å²) in [7, 11) is 0. The molecule has 2 saturated carbocycles. The van der Waals surface area contributed by atoms with Gasteiger partial charge in [-0.1, -0.05) is 69.4 Å². The molecule has 0 unspecified atom stereocenters. The van der Waals surface area contributed by atoms with Crippen LogP contribution in [0.1, 0.15) is 113 Å². The van der Waals surface area contributed by atoms with Gasteiger partial charge in [0.1, 0.15) is 0 Å². The maximum absolute atomic E-state index is 12.4. The largest absolute Gasteiger partial charge is 0.409 e. The van der Waals surface area contributed by atoms with Crippen molar-refractivity contribution < 1.29 is 13.2 Å². The summed E-state index contributed by atoms with van der Waals surface area (Å²) < 4.78 is 37.1. The molecular formula is C27H39F3. The van der Waals surface area contributed by atoms with Gasteiger partial charge in [-0.05, 0) is 86.2 Å². The van der Waals surface area contributed by atoms with Crippen molar-refractivity contribution in [1.82, 2.24) is 0 Å². The molecule has 0 heterocycles. The van der Waals surface area contributed by atoms with E-state index in [0.29, 0.717) is 17.9 Å². The van der Waals surface area contributed by atoms with Gasteiger partial charge in [0.2, 0.25) is 0 Å². The minimum Gasteiger partial charge on any atom is -0.167 e. The van der Waals surface area contributed by atoms with Crippen LogP contribution in [0, 0.1) is 11.8 Å². The number of allylic oxidation sites excluding steroid dienone is 2. The Hall–Kier alpha value is -1.25. The molecule has 0 saturated heterocycles. The summed E-state index contributed by atoms with van der Waals surface area (Å²) in [4.78, 5) is 0. The first-order valence-electron chi connectivity index (χ1n) is 12.3. The second-order valence-electron chi connectivity index (χ2n) is 9.75. The van der Waals surface area contributed by atoms with E-state index in [9.17, 15) is 13.2 Å². The lowest BCUT2D eigenvalue weighted by atomic mass is 9.75. The third-order valence-corrected chi connectivity index (χ3v) is 7.52. The normalized spacial score (nSPS) is 28.1. The quantitative estimate of drug-likeness (QED) is 0.290. The molecule has 2 fully saturated rings. The molecule has 0 nitrogen and oxygen atoms in total. The highest BCUT2D eigenvalue weighted by atomic mass is 19.4. The van der Waals surface area contributed by atoms with Crippen LogP contribution in [-0.4, -0.2) is 6.18 Å². The van der Waals surface area contributed by atoms with Crippen LogP contribution in [0.5, 0.6) is 0 Å². The predicted octanol–water partition coefficient (Wildman–Crippen LogP) is 9.32. The first-order chi connectivity index (χ1) is 14.4. The lowest BCUT2D eigenvalue weighted by molar-refractivity contribution is -0.0803. The maximum Gasteiger partial charge on any atom is 0.409 e. The highest BCUT2D eigenvalue weighted by Gasteiger charge is 2.26. The Morgan fingerprint density at radius 2 is 1.30 bits per heavy atom. The van der Waals surface area contributed by atoms with E-state index in [1.54, 1.807) is 0 Å². The van der Waals surface area contributed by atoms with E-state index >= 15 is 0 Å². The molecule has 0 bridgehead atoms. The molecule has 2 aliphatic rings. The van der Waals surface area contributed by atoms with Crippen LogP contribution < -0.4 is 0 Å². The lowest BCUT2D eigenvalue weighted by Gasteiger charge is -2.30. The Morgan fingerprint density at radius 1 is 0.767 bits per heavy atom. The van der Waals surface area contributed by atoms with Crippen LogP contribution in [0.2, 0.25) is 0 Å². The SMILES string of the molecule is CCCCCC[C@H]1CC[C@H](c2ccc([C@H]3CC[C@H](C=CC(F)(F)F)CC3)cc2)CC1. The number of alkyl halides is 3. The van der Waals surface area contributed by atoms with E-state index in [1.165, 1.54) is 75.0 Å². The van der Waals surface area contributed by atoms with Crippen LogP contribution >= 0.6 is 0 Å². The molecule has 1 aromatic carbocycles. The Balaban J connectivity index is 1.42. The van der Waals surface area contributed by atoms with Crippen molar-refractivity contribution in [2.75, 3.05) is 0 Å². The van der Waals surface area contributed by atoms with E-state index < -0.39 is 6.18 Å². The topological polar surface area (TPSA) is 0 Å². The molecular weight excluding hydrogens is 381 g/mol. The number of benzene rings is 1. The molecule has 1 aromatic rings. The van der Waals surface area contributed by atoms with Gasteiger partial charge >= 0.3 is 6.18 Å². The van der Waals surface area contributed by atoms with E-state index in [-0.39, 0.29) is 5.92 Å². The summed E-state index contributed by atoms with van der Waals surface area (Å²) in [6.07, 6.45) is 13.7. The Bertz CT molecular complexity index is 627. The van der Waals surface area contributed by atoms with Crippen molar-refractivity contribution >= 4 is 0 Å². The van der Waals surface area contributed by atoms with Crippen LogP contribution in [0.3, 0.4) is 0 Å². The van der Waals surface area contributed by atoms with Gasteiger partial charge in [0.15, 0.2) is 0 Å². The fourth-order valence-corrected chi connectivity index (χ4v) is 5.57. The molecule has 168 valence electrons. The summed E-state index contributed by atoms with van der Waals surface area (Å²) in [5.74, 6) is 2.25. The third kappa shape index (κ3) is 7.46. The minimum absolute atomic E-state index is 0.0827. The monoisotopic (exact) mass is 420 g/mol. The molecule has 0 radical (unpaired) electrons. The molecule has 0 aliphatic heterocycles. The molecule has 0 amide bonds. The lowest BCUT2D eigenvalue weighted by Crippen LogP contribution is -2.14. The highest BCUT2D eigenvalue weighted by molar-refractivity contribution is 5.28. The number of halogens is 3. The summed E-state index contributed by atoms with van der Waals surface area (Å²) in [5.41, 5.74) is 2.87. The zero-order chi connectivity index (χ0) is 21.4. The number of rotatable bonds is 8. The Kier molecular flexibility index (Phi) is 8.89. The average molecular weight is 421 g/mol. The van der Waals surface area contributed by atoms with Gasteiger partial charge in [0.05, 0.1) is 0 Å². The molecule has 0 atom stereocenters. The van der Waals surface area contributed by atoms with Gasteiger partial charge < -0.3 is 0 Å². The van der Waals surface area contributed by atoms with Crippen molar-refractivity contribution in [2.45, 2.75) is 108 Å². The molecule has 0 aromatic heterocycles. The van der Waals surface area contributed by atoms with E-state index in [0.717, 1.165) is 31.6 Å². The Labute approximate surface area is 181 Å². The summed E-state index contributed by atoms with van der Waals surface area (Å²) in [6.45, 7) is 2.28. The van der Waals surface area contributed by atoms with Gasteiger partial charge in [0, 0.05) is 6.08 Å². The molecule has 0 spiro atoms. The summed E-state index contributed by atoms with van der Waals surface area (Å²) in [6, 6.07) is 9.25. The molecule has 3 heteroatoms. The van der Waals surface area contributed by atoms with Gasteiger partial charge in [-0.25, -0.2) is 0 Å². The first kappa shape index (κ1) is 23.4. The van der Waals surface area contributed by atoms with E-state index in [4.69, 9.17) is 0 Å². The van der Waals surface area contributed by atoms with Crippen molar-refractivity contribution in [3.63, 3.8) is 0 Å². The van der Waals surface area contributed by atoms with Crippen molar-refractivity contribution in [1.29, 1.82) is 0 Å². The van der Waals surface area contributed by atoms with Crippen LogP contribution in [0.15, 0.2) is 36.4 Å². The van der Waals surface area contributed by atoms with E-state index in [1.807, 2.05) is 0 Å². The fraction of sp³-hybridized carbons (Fsp3) is 0.704. The van der Waals surface area contributed by atoms with Crippen molar-refractivity contribution in [3.8, 4) is 0 Å². The first-order valence-corrected chi connectivity index (χ1v) is 12.3. The van der Waals surface area contributed by atoms with Crippen LogP contribution in [-0.2, 0) is 0 Å². The van der Waals surface area contributed by atoms with Gasteiger partial charge in [-0.15, -0.1) is 0 Å². The average Bonchev–Trinajstić information content (AvgIpc) is 2.76. The third-order valence-electron chi connectivity index (χ3n) is 7.52. The van der Waals surface area contributed by atoms with Gasteiger partial charge in [-0.2, -0.15) is 13.2 Å². The molecule has 30 heavy (non-hydrogen) atoms. The standard InChI is InChI=1S/C27H39F3/c1-2-3-4-5-6-21-7-11-23(12-8-21)25-15-17-26(18-16-25)24-13-9-22(10-14-24)19-20-27(28,29)30/h15-24H,2-14H2,1H3/t21-,22-,23-,24-. The predicted molar refractivity (Wildman–Crippen MR) is 120 cm³/mol. The Morgan fingerprint density at radius 3 is 1.80 bits per heavy atom. The van der Waals surface area contributed by atoms with Gasteiger partial charge in [0.25, 0.3) is 0 Å². The van der Waals surface area contributed by atoms with Crippen LogP contribution in [0.4, 0.5) is 13.2 Å².